The molecule has 0 bridgehead atoms. The molecule has 1 unspecified atom stereocenters. The first kappa shape index (κ1) is 14.7. The van der Waals surface area contributed by atoms with Crippen LogP contribution in [0.25, 0.3) is 0 Å². The smallest absolute Gasteiger partial charge is 0.194 e. The summed E-state index contributed by atoms with van der Waals surface area (Å²) in [5, 5.41) is 2.97. The summed E-state index contributed by atoms with van der Waals surface area (Å²) in [4.78, 5) is 0. The maximum absolute atomic E-state index is 12.9. The number of nitrogens with one attached hydrogen (secondary N) is 1. The second-order valence-corrected chi connectivity index (χ2v) is 3.94. The summed E-state index contributed by atoms with van der Waals surface area (Å²) in [7, 11) is 0. The highest BCUT2D eigenvalue weighted by atomic mass is 19.2. The number of rotatable bonds is 7. The minimum Gasteiger partial charge on any atom is -0.373 e. The number of ether oxygens (including phenoxy) is 1. The van der Waals surface area contributed by atoms with Crippen molar-refractivity contribution in [1.82, 2.24) is 5.32 Å². The molecule has 0 aliphatic rings. The van der Waals surface area contributed by atoms with Gasteiger partial charge in [0, 0.05) is 13.1 Å². The van der Waals surface area contributed by atoms with Gasteiger partial charge < -0.3 is 10.1 Å². The van der Waals surface area contributed by atoms with Gasteiger partial charge in [-0.05, 0) is 24.6 Å². The van der Waals surface area contributed by atoms with Crippen molar-refractivity contribution in [2.75, 3.05) is 13.2 Å². The molecule has 100 valence electrons. The van der Waals surface area contributed by atoms with Gasteiger partial charge in [0.1, 0.15) is 0 Å². The largest absolute Gasteiger partial charge is 0.373 e. The van der Waals surface area contributed by atoms with Crippen LogP contribution in [0.1, 0.15) is 12.5 Å². The Balaban J connectivity index is 2.42. The Morgan fingerprint density at radius 2 is 1.94 bits per heavy atom. The lowest BCUT2D eigenvalue weighted by molar-refractivity contribution is 0.0877. The van der Waals surface area contributed by atoms with Gasteiger partial charge in [-0.2, -0.15) is 0 Å². The lowest BCUT2D eigenvalue weighted by Crippen LogP contribution is -2.26. The third-order valence-corrected chi connectivity index (χ3v) is 2.30. The Morgan fingerprint density at radius 1 is 1.33 bits per heavy atom. The summed E-state index contributed by atoms with van der Waals surface area (Å²) in [6.45, 7) is 6.60. The normalized spacial score (nSPS) is 12.4. The molecule has 1 aromatic rings. The molecule has 0 aliphatic carbocycles. The Morgan fingerprint density at radius 3 is 2.50 bits per heavy atom. The molecule has 1 N–H and O–H groups in total. The van der Waals surface area contributed by atoms with Crippen molar-refractivity contribution in [2.24, 2.45) is 0 Å². The molecular weight excluding hydrogens is 243 g/mol. The van der Waals surface area contributed by atoms with E-state index in [4.69, 9.17) is 4.74 Å². The third-order valence-electron chi connectivity index (χ3n) is 2.30. The molecule has 0 heterocycles. The van der Waals surface area contributed by atoms with Crippen molar-refractivity contribution in [3.05, 3.63) is 47.8 Å². The third kappa shape index (κ3) is 4.50. The zero-order chi connectivity index (χ0) is 13.5. The van der Waals surface area contributed by atoms with E-state index in [2.05, 4.69) is 11.9 Å². The van der Waals surface area contributed by atoms with Crippen LogP contribution in [0.2, 0.25) is 0 Å². The first-order chi connectivity index (χ1) is 8.54. The minimum absolute atomic E-state index is 0.0434. The van der Waals surface area contributed by atoms with E-state index in [1.165, 1.54) is 0 Å². The second-order valence-electron chi connectivity index (χ2n) is 3.94. The highest BCUT2D eigenvalue weighted by Crippen LogP contribution is 2.13. The molecule has 0 saturated heterocycles. The quantitative estimate of drug-likeness (QED) is 0.600. The van der Waals surface area contributed by atoms with Crippen LogP contribution in [-0.4, -0.2) is 19.3 Å². The topological polar surface area (TPSA) is 21.3 Å². The van der Waals surface area contributed by atoms with Gasteiger partial charge in [0.25, 0.3) is 0 Å². The summed E-state index contributed by atoms with van der Waals surface area (Å²) >= 11 is 0. The van der Waals surface area contributed by atoms with Crippen LogP contribution >= 0.6 is 0 Å². The van der Waals surface area contributed by atoms with Gasteiger partial charge in [0.2, 0.25) is 0 Å². The molecule has 1 aromatic carbocycles. The fourth-order valence-electron chi connectivity index (χ4n) is 1.42. The molecule has 1 rings (SSSR count). The van der Waals surface area contributed by atoms with Crippen LogP contribution < -0.4 is 5.32 Å². The summed E-state index contributed by atoms with van der Waals surface area (Å²) < 4.78 is 43.8. The fraction of sp³-hybridized carbons (Fsp3) is 0.385. The SMILES string of the molecule is C=CCOC(C)CNCc1cc(F)c(F)c(F)c1. The fourth-order valence-corrected chi connectivity index (χ4v) is 1.42. The summed E-state index contributed by atoms with van der Waals surface area (Å²) in [5.41, 5.74) is 0.349. The van der Waals surface area contributed by atoms with E-state index in [0.29, 0.717) is 18.7 Å². The van der Waals surface area contributed by atoms with Gasteiger partial charge in [-0.3, -0.25) is 0 Å². The van der Waals surface area contributed by atoms with E-state index >= 15 is 0 Å². The van der Waals surface area contributed by atoms with E-state index in [1.807, 2.05) is 6.92 Å². The zero-order valence-electron chi connectivity index (χ0n) is 10.2. The van der Waals surface area contributed by atoms with Crippen LogP contribution in [-0.2, 0) is 11.3 Å². The predicted molar refractivity (Wildman–Crippen MR) is 63.6 cm³/mol. The Bertz CT molecular complexity index is 386. The van der Waals surface area contributed by atoms with Crippen molar-refractivity contribution in [3.8, 4) is 0 Å². The van der Waals surface area contributed by atoms with E-state index in [-0.39, 0.29) is 12.6 Å². The monoisotopic (exact) mass is 259 g/mol. The number of hydrogen-bond acceptors (Lipinski definition) is 2. The molecule has 1 atom stereocenters. The van der Waals surface area contributed by atoms with Crippen molar-refractivity contribution in [2.45, 2.75) is 19.6 Å². The number of benzene rings is 1. The average molecular weight is 259 g/mol. The maximum atomic E-state index is 12.9. The van der Waals surface area contributed by atoms with Crippen LogP contribution in [0.5, 0.6) is 0 Å². The van der Waals surface area contributed by atoms with Gasteiger partial charge in [-0.1, -0.05) is 6.08 Å². The molecule has 0 radical (unpaired) electrons. The van der Waals surface area contributed by atoms with Crippen LogP contribution in [0.4, 0.5) is 13.2 Å². The van der Waals surface area contributed by atoms with Crippen molar-refractivity contribution >= 4 is 0 Å². The van der Waals surface area contributed by atoms with Gasteiger partial charge >= 0.3 is 0 Å². The van der Waals surface area contributed by atoms with Crippen molar-refractivity contribution in [3.63, 3.8) is 0 Å². The van der Waals surface area contributed by atoms with Gasteiger partial charge in [0.15, 0.2) is 17.5 Å². The minimum atomic E-state index is -1.44. The Kier molecular flexibility index (Phi) is 5.88. The highest BCUT2D eigenvalue weighted by Gasteiger charge is 2.10. The summed E-state index contributed by atoms with van der Waals surface area (Å²) in [5.74, 6) is -3.80. The highest BCUT2D eigenvalue weighted by molar-refractivity contribution is 5.19. The van der Waals surface area contributed by atoms with Crippen LogP contribution in [0.3, 0.4) is 0 Å². The molecule has 0 fully saturated rings. The van der Waals surface area contributed by atoms with E-state index < -0.39 is 17.5 Å². The maximum Gasteiger partial charge on any atom is 0.194 e. The molecule has 2 nitrogen and oxygen atoms in total. The molecule has 0 spiro atoms. The molecule has 18 heavy (non-hydrogen) atoms. The molecule has 0 amide bonds. The van der Waals surface area contributed by atoms with E-state index in [9.17, 15) is 13.2 Å². The molecular formula is C13H16F3NO. The van der Waals surface area contributed by atoms with Crippen LogP contribution in [0, 0.1) is 17.5 Å². The lowest BCUT2D eigenvalue weighted by Gasteiger charge is -2.12. The summed E-state index contributed by atoms with van der Waals surface area (Å²) in [6, 6.07) is 1.95. The Hall–Kier alpha value is -1.33. The van der Waals surface area contributed by atoms with Crippen LogP contribution in [0.15, 0.2) is 24.8 Å². The average Bonchev–Trinajstić information content (AvgIpc) is 2.33. The predicted octanol–water partition coefficient (Wildman–Crippen LogP) is 2.78. The molecule has 0 saturated carbocycles. The second kappa shape index (κ2) is 7.18. The molecule has 0 aliphatic heterocycles. The van der Waals surface area contributed by atoms with E-state index in [0.717, 1.165) is 12.1 Å². The zero-order valence-corrected chi connectivity index (χ0v) is 10.2. The lowest BCUT2D eigenvalue weighted by atomic mass is 10.2. The Labute approximate surface area is 104 Å². The molecule has 0 aromatic heterocycles. The van der Waals surface area contributed by atoms with Crippen molar-refractivity contribution < 1.29 is 17.9 Å². The van der Waals surface area contributed by atoms with Gasteiger partial charge in [-0.25, -0.2) is 13.2 Å². The van der Waals surface area contributed by atoms with Gasteiger partial charge in [-0.15, -0.1) is 6.58 Å². The first-order valence-electron chi connectivity index (χ1n) is 5.61. The summed E-state index contributed by atoms with van der Waals surface area (Å²) in [6.07, 6.45) is 1.60. The number of hydrogen-bond donors (Lipinski definition) is 1. The van der Waals surface area contributed by atoms with E-state index in [1.54, 1.807) is 6.08 Å². The number of halogens is 3. The standard InChI is InChI=1S/C13H16F3NO/c1-3-4-18-9(2)7-17-8-10-5-11(14)13(16)12(15)6-10/h3,5-6,9,17H,1,4,7-8H2,2H3. The molecule has 5 heteroatoms. The van der Waals surface area contributed by atoms with Gasteiger partial charge in [0.05, 0.1) is 12.7 Å². The first-order valence-corrected chi connectivity index (χ1v) is 5.61. The van der Waals surface area contributed by atoms with Crippen molar-refractivity contribution in [1.29, 1.82) is 0 Å².